The fourth-order valence-electron chi connectivity index (χ4n) is 3.89. The van der Waals surface area contributed by atoms with Crippen molar-refractivity contribution in [2.75, 3.05) is 11.4 Å². The van der Waals surface area contributed by atoms with Crippen LogP contribution in [-0.4, -0.2) is 16.5 Å². The van der Waals surface area contributed by atoms with E-state index in [0.29, 0.717) is 5.39 Å². The van der Waals surface area contributed by atoms with Gasteiger partial charge in [0.2, 0.25) is 0 Å². The number of rotatable bonds is 3. The quantitative estimate of drug-likeness (QED) is 0.519. The summed E-state index contributed by atoms with van der Waals surface area (Å²) < 4.78 is 0. The first-order chi connectivity index (χ1) is 13.2. The predicted octanol–water partition coefficient (Wildman–Crippen LogP) is 5.23. The summed E-state index contributed by atoms with van der Waals surface area (Å²) in [7, 11) is 0. The highest BCUT2D eigenvalue weighted by molar-refractivity contribution is 7.18. The van der Waals surface area contributed by atoms with Gasteiger partial charge < -0.3 is 9.88 Å². The minimum absolute atomic E-state index is 0.0239. The maximum Gasteiger partial charge on any atom is 0.260 e. The van der Waals surface area contributed by atoms with Gasteiger partial charge in [-0.05, 0) is 42.8 Å². The van der Waals surface area contributed by atoms with Crippen LogP contribution in [0.1, 0.15) is 30.8 Å². The molecule has 1 N–H and O–H groups in total. The second-order valence-electron chi connectivity index (χ2n) is 6.86. The van der Waals surface area contributed by atoms with Gasteiger partial charge >= 0.3 is 0 Å². The zero-order valence-electron chi connectivity index (χ0n) is 14.9. The summed E-state index contributed by atoms with van der Waals surface area (Å²) in [5, 5.41) is 4.78. The molecular weight excluding hydrogens is 374 g/mol. The normalized spacial score (nSPS) is 15.1. The van der Waals surface area contributed by atoms with Gasteiger partial charge in [0.25, 0.3) is 5.56 Å². The van der Waals surface area contributed by atoms with Crippen molar-refractivity contribution in [2.45, 2.75) is 25.8 Å². The summed E-state index contributed by atoms with van der Waals surface area (Å²) in [5.41, 5.74) is 3.57. The van der Waals surface area contributed by atoms with Gasteiger partial charge in [0.1, 0.15) is 10.7 Å². The van der Waals surface area contributed by atoms with Crippen molar-refractivity contribution in [3.63, 3.8) is 0 Å². The molecule has 4 heterocycles. The maximum absolute atomic E-state index is 12.9. The number of aromatic nitrogens is 2. The highest BCUT2D eigenvalue weighted by Crippen LogP contribution is 2.36. The van der Waals surface area contributed by atoms with Crippen LogP contribution in [0.3, 0.4) is 0 Å². The highest BCUT2D eigenvalue weighted by atomic mass is 32.1. The van der Waals surface area contributed by atoms with Crippen molar-refractivity contribution in [1.29, 1.82) is 0 Å². The van der Waals surface area contributed by atoms with Crippen molar-refractivity contribution < 1.29 is 0 Å². The smallest absolute Gasteiger partial charge is 0.260 e. The van der Waals surface area contributed by atoms with Gasteiger partial charge in [-0.1, -0.05) is 24.3 Å². The van der Waals surface area contributed by atoms with E-state index >= 15 is 0 Å². The molecule has 0 bridgehead atoms. The lowest BCUT2D eigenvalue weighted by Crippen LogP contribution is -2.33. The van der Waals surface area contributed by atoms with Crippen LogP contribution >= 0.6 is 22.7 Å². The average molecular weight is 394 g/mol. The Morgan fingerprint density at radius 3 is 2.93 bits per heavy atom. The van der Waals surface area contributed by atoms with Gasteiger partial charge in [0.05, 0.1) is 11.4 Å². The summed E-state index contributed by atoms with van der Waals surface area (Å²) in [4.78, 5) is 25.1. The predicted molar refractivity (Wildman–Crippen MR) is 114 cm³/mol. The minimum atomic E-state index is -0.0446. The third-order valence-corrected chi connectivity index (χ3v) is 7.03. The number of aromatic amines is 1. The molecule has 1 atom stereocenters. The van der Waals surface area contributed by atoms with E-state index in [1.807, 2.05) is 22.9 Å². The van der Waals surface area contributed by atoms with E-state index in [1.54, 1.807) is 22.7 Å². The molecule has 1 aromatic carbocycles. The number of thiophene rings is 2. The summed E-state index contributed by atoms with van der Waals surface area (Å²) in [5.74, 6) is 0.740. The SMILES string of the molecule is C[C@@H](c1nc2scc(-c3cccs3)c2c(=O)[nH]1)N1CCCc2ccccc21. The molecule has 0 spiro atoms. The number of nitrogens with zero attached hydrogens (tertiary/aromatic N) is 2. The second kappa shape index (κ2) is 6.62. The van der Waals surface area contributed by atoms with Crippen LogP contribution in [0.15, 0.2) is 52.0 Å². The topological polar surface area (TPSA) is 49.0 Å². The summed E-state index contributed by atoms with van der Waals surface area (Å²) in [6.45, 7) is 3.10. The third kappa shape index (κ3) is 2.80. The zero-order chi connectivity index (χ0) is 18.4. The summed E-state index contributed by atoms with van der Waals surface area (Å²) in [6.07, 6.45) is 2.23. The molecule has 3 aromatic heterocycles. The molecule has 0 saturated carbocycles. The lowest BCUT2D eigenvalue weighted by Gasteiger charge is -2.35. The Bertz CT molecular complexity index is 1160. The molecule has 1 aliphatic heterocycles. The Hall–Kier alpha value is -2.44. The zero-order valence-corrected chi connectivity index (χ0v) is 16.6. The molecule has 4 aromatic rings. The van der Waals surface area contributed by atoms with Crippen molar-refractivity contribution in [3.8, 4) is 10.4 Å². The molecule has 6 heteroatoms. The molecule has 4 nitrogen and oxygen atoms in total. The van der Waals surface area contributed by atoms with E-state index in [1.165, 1.54) is 11.3 Å². The fraction of sp³-hybridized carbons (Fsp3) is 0.238. The number of benzene rings is 1. The number of nitrogens with one attached hydrogen (secondary N) is 1. The Kier molecular flexibility index (Phi) is 4.10. The highest BCUT2D eigenvalue weighted by Gasteiger charge is 2.24. The fourth-order valence-corrected chi connectivity index (χ4v) is 5.66. The molecule has 5 rings (SSSR count). The number of hydrogen-bond donors (Lipinski definition) is 1. The van der Waals surface area contributed by atoms with E-state index in [9.17, 15) is 4.79 Å². The molecule has 0 fully saturated rings. The monoisotopic (exact) mass is 393 g/mol. The van der Waals surface area contributed by atoms with Crippen molar-refractivity contribution in [3.05, 3.63) is 68.9 Å². The van der Waals surface area contributed by atoms with Gasteiger partial charge in [-0.25, -0.2) is 4.98 Å². The minimum Gasteiger partial charge on any atom is -0.361 e. The number of H-pyrrole nitrogens is 1. The molecular formula is C21H19N3OS2. The van der Waals surface area contributed by atoms with Crippen molar-refractivity contribution in [1.82, 2.24) is 9.97 Å². The van der Waals surface area contributed by atoms with E-state index in [0.717, 1.165) is 40.5 Å². The van der Waals surface area contributed by atoms with Crippen LogP contribution in [-0.2, 0) is 6.42 Å². The van der Waals surface area contributed by atoms with Gasteiger partial charge in [0.15, 0.2) is 0 Å². The Morgan fingerprint density at radius 1 is 1.19 bits per heavy atom. The first kappa shape index (κ1) is 16.7. The van der Waals surface area contributed by atoms with Crippen LogP contribution < -0.4 is 10.5 Å². The summed E-state index contributed by atoms with van der Waals surface area (Å²) >= 11 is 3.19. The van der Waals surface area contributed by atoms with E-state index < -0.39 is 0 Å². The van der Waals surface area contributed by atoms with E-state index in [4.69, 9.17) is 4.98 Å². The van der Waals surface area contributed by atoms with Gasteiger partial charge in [-0.15, -0.1) is 22.7 Å². The Morgan fingerprint density at radius 2 is 2.07 bits per heavy atom. The average Bonchev–Trinajstić information content (AvgIpc) is 3.36. The first-order valence-electron chi connectivity index (χ1n) is 9.12. The largest absolute Gasteiger partial charge is 0.361 e. The number of anilines is 1. The molecule has 0 aliphatic carbocycles. The number of aryl methyl sites for hydroxylation is 1. The van der Waals surface area contributed by atoms with E-state index in [2.05, 4.69) is 41.1 Å². The number of para-hydroxylation sites is 1. The Balaban J connectivity index is 1.58. The molecule has 0 unspecified atom stereocenters. The molecule has 0 saturated heterocycles. The van der Waals surface area contributed by atoms with Gasteiger partial charge in [-0.2, -0.15) is 0 Å². The first-order valence-corrected chi connectivity index (χ1v) is 10.9. The lowest BCUT2D eigenvalue weighted by atomic mass is 10.00. The van der Waals surface area contributed by atoms with Crippen LogP contribution in [0, 0.1) is 0 Å². The van der Waals surface area contributed by atoms with Crippen molar-refractivity contribution in [2.24, 2.45) is 0 Å². The van der Waals surface area contributed by atoms with Gasteiger partial charge in [-0.3, -0.25) is 4.79 Å². The van der Waals surface area contributed by atoms with Crippen LogP contribution in [0.25, 0.3) is 20.7 Å². The van der Waals surface area contributed by atoms with Crippen molar-refractivity contribution >= 4 is 38.6 Å². The number of fused-ring (bicyclic) bond motifs is 2. The van der Waals surface area contributed by atoms with Gasteiger partial charge in [0, 0.05) is 28.1 Å². The van der Waals surface area contributed by atoms with E-state index in [-0.39, 0.29) is 11.6 Å². The number of hydrogen-bond acceptors (Lipinski definition) is 5. The standard InChI is InChI=1S/C21H19N3OS2/c1-13(24-10-4-7-14-6-2-3-8-16(14)24)19-22-20(25)18-15(12-27-21(18)23-19)17-9-5-11-26-17/h2-3,5-6,8-9,11-13H,4,7,10H2,1H3,(H,22,23,25)/t13-/m0/s1. The maximum atomic E-state index is 12.9. The molecule has 136 valence electrons. The summed E-state index contributed by atoms with van der Waals surface area (Å²) in [6, 6.07) is 12.6. The van der Waals surface area contributed by atoms with Crippen LogP contribution in [0.4, 0.5) is 5.69 Å². The lowest BCUT2D eigenvalue weighted by molar-refractivity contribution is 0.592. The molecule has 27 heavy (non-hydrogen) atoms. The van der Waals surface area contributed by atoms with Crippen LogP contribution in [0.5, 0.6) is 0 Å². The molecule has 1 aliphatic rings. The molecule has 0 radical (unpaired) electrons. The molecule has 0 amide bonds. The Labute approximate surface area is 165 Å². The third-order valence-electron chi connectivity index (χ3n) is 5.26. The second-order valence-corrected chi connectivity index (χ2v) is 8.67. The van der Waals surface area contributed by atoms with Crippen LogP contribution in [0.2, 0.25) is 0 Å².